The lowest BCUT2D eigenvalue weighted by atomic mass is 9.64. The molecule has 0 aromatic rings. The summed E-state index contributed by atoms with van der Waals surface area (Å²) in [4.78, 5) is 27.8. The molecule has 0 aromatic heterocycles. The molecule has 25 heavy (non-hydrogen) atoms. The van der Waals surface area contributed by atoms with Crippen LogP contribution >= 0.6 is 0 Å². The van der Waals surface area contributed by atoms with Crippen LogP contribution in [-0.2, 0) is 9.59 Å². The standard InChI is InChI=1S/C21H36N2O2/c1-16(2)14-21(10-7-11-21)15-22-19(24)17-8-3-4-9-18(17)20(25)23-12-5-6-13-23/h16-18H,3-15H2,1-2H3,(H,22,24)/t17-,18+/m1/s1. The summed E-state index contributed by atoms with van der Waals surface area (Å²) in [5.41, 5.74) is 0.326. The molecule has 142 valence electrons. The Labute approximate surface area is 153 Å². The van der Waals surface area contributed by atoms with Gasteiger partial charge < -0.3 is 10.2 Å². The van der Waals surface area contributed by atoms with E-state index in [1.54, 1.807) is 0 Å². The van der Waals surface area contributed by atoms with Gasteiger partial charge in [-0.3, -0.25) is 9.59 Å². The monoisotopic (exact) mass is 348 g/mol. The van der Waals surface area contributed by atoms with E-state index in [1.165, 1.54) is 25.7 Å². The molecule has 1 heterocycles. The van der Waals surface area contributed by atoms with Gasteiger partial charge in [-0.1, -0.05) is 33.1 Å². The van der Waals surface area contributed by atoms with E-state index in [2.05, 4.69) is 19.2 Å². The molecule has 0 bridgehead atoms. The molecule has 1 aliphatic heterocycles. The third kappa shape index (κ3) is 4.38. The molecule has 1 saturated heterocycles. The van der Waals surface area contributed by atoms with E-state index < -0.39 is 0 Å². The zero-order valence-corrected chi connectivity index (χ0v) is 16.2. The van der Waals surface area contributed by atoms with Gasteiger partial charge in [0.1, 0.15) is 0 Å². The van der Waals surface area contributed by atoms with E-state index in [-0.39, 0.29) is 23.7 Å². The van der Waals surface area contributed by atoms with E-state index in [4.69, 9.17) is 0 Å². The quantitative estimate of drug-likeness (QED) is 0.795. The van der Waals surface area contributed by atoms with Crippen molar-refractivity contribution in [1.82, 2.24) is 10.2 Å². The van der Waals surface area contributed by atoms with Gasteiger partial charge in [-0.15, -0.1) is 0 Å². The average molecular weight is 349 g/mol. The van der Waals surface area contributed by atoms with Crippen molar-refractivity contribution in [2.75, 3.05) is 19.6 Å². The van der Waals surface area contributed by atoms with Crippen molar-refractivity contribution in [2.24, 2.45) is 23.2 Å². The largest absolute Gasteiger partial charge is 0.355 e. The maximum atomic E-state index is 12.9. The van der Waals surface area contributed by atoms with Crippen LogP contribution in [0.3, 0.4) is 0 Å². The molecule has 2 atom stereocenters. The number of nitrogens with zero attached hydrogens (tertiary/aromatic N) is 1. The average Bonchev–Trinajstić information content (AvgIpc) is 3.10. The fourth-order valence-corrected chi connectivity index (χ4v) is 5.31. The van der Waals surface area contributed by atoms with Crippen molar-refractivity contribution < 1.29 is 9.59 Å². The molecule has 3 fully saturated rings. The molecule has 0 spiro atoms. The van der Waals surface area contributed by atoms with Gasteiger partial charge in [-0.2, -0.15) is 0 Å². The number of nitrogens with one attached hydrogen (secondary N) is 1. The Hall–Kier alpha value is -1.06. The summed E-state index contributed by atoms with van der Waals surface area (Å²) in [5.74, 6) is 0.897. The van der Waals surface area contributed by atoms with Gasteiger partial charge in [0.15, 0.2) is 0 Å². The molecular formula is C21H36N2O2. The summed E-state index contributed by atoms with van der Waals surface area (Å²) in [6.07, 6.45) is 11.2. The predicted octanol–water partition coefficient (Wildman–Crippen LogP) is 3.75. The smallest absolute Gasteiger partial charge is 0.226 e. The number of likely N-dealkylation sites (tertiary alicyclic amines) is 1. The van der Waals surface area contributed by atoms with Crippen molar-refractivity contribution in [3.05, 3.63) is 0 Å². The summed E-state index contributed by atoms with van der Waals surface area (Å²) in [6, 6.07) is 0. The highest BCUT2D eigenvalue weighted by Gasteiger charge is 2.41. The van der Waals surface area contributed by atoms with Crippen LogP contribution in [0.15, 0.2) is 0 Å². The number of hydrogen-bond donors (Lipinski definition) is 1. The Kier molecular flexibility index (Phi) is 6.06. The summed E-state index contributed by atoms with van der Waals surface area (Å²) in [7, 11) is 0. The molecule has 4 nitrogen and oxygen atoms in total. The topological polar surface area (TPSA) is 49.4 Å². The van der Waals surface area contributed by atoms with Gasteiger partial charge >= 0.3 is 0 Å². The maximum Gasteiger partial charge on any atom is 0.226 e. The minimum Gasteiger partial charge on any atom is -0.355 e. The van der Waals surface area contributed by atoms with E-state index in [1.807, 2.05) is 4.90 Å². The minimum absolute atomic E-state index is 0.0747. The first-order valence-corrected chi connectivity index (χ1v) is 10.6. The first-order valence-electron chi connectivity index (χ1n) is 10.6. The summed E-state index contributed by atoms with van der Waals surface area (Å²) < 4.78 is 0. The van der Waals surface area contributed by atoms with Crippen molar-refractivity contribution >= 4 is 11.8 Å². The Balaban J connectivity index is 1.58. The second kappa shape index (κ2) is 8.09. The minimum atomic E-state index is -0.0990. The predicted molar refractivity (Wildman–Crippen MR) is 100 cm³/mol. The SMILES string of the molecule is CC(C)CC1(CNC(=O)[C@@H]2CCCC[C@@H]2C(=O)N2CCCC2)CCC1. The third-order valence-electron chi connectivity index (χ3n) is 6.73. The summed E-state index contributed by atoms with van der Waals surface area (Å²) in [6.45, 7) is 7.13. The third-order valence-corrected chi connectivity index (χ3v) is 6.73. The molecule has 2 aliphatic carbocycles. The molecule has 4 heteroatoms. The highest BCUT2D eigenvalue weighted by molar-refractivity contribution is 5.88. The Bertz CT molecular complexity index is 478. The first-order chi connectivity index (χ1) is 12.0. The molecule has 3 aliphatic rings. The fraction of sp³-hybridized carbons (Fsp3) is 0.905. The zero-order chi connectivity index (χ0) is 17.9. The van der Waals surface area contributed by atoms with Crippen molar-refractivity contribution in [1.29, 1.82) is 0 Å². The fourth-order valence-electron chi connectivity index (χ4n) is 5.31. The lowest BCUT2D eigenvalue weighted by Gasteiger charge is -2.44. The molecular weight excluding hydrogens is 312 g/mol. The van der Waals surface area contributed by atoms with Crippen LogP contribution in [0.1, 0.15) is 78.1 Å². The lowest BCUT2D eigenvalue weighted by molar-refractivity contribution is -0.143. The number of carbonyl (C=O) groups is 2. The normalized spacial score (nSPS) is 28.7. The van der Waals surface area contributed by atoms with Crippen LogP contribution in [0, 0.1) is 23.2 Å². The lowest BCUT2D eigenvalue weighted by Crippen LogP contribution is -2.48. The number of rotatable bonds is 6. The van der Waals surface area contributed by atoms with E-state index in [0.717, 1.165) is 58.2 Å². The Morgan fingerprint density at radius 3 is 2.20 bits per heavy atom. The van der Waals surface area contributed by atoms with Crippen molar-refractivity contribution in [3.63, 3.8) is 0 Å². The number of carbonyl (C=O) groups excluding carboxylic acids is 2. The molecule has 1 N–H and O–H groups in total. The van der Waals surface area contributed by atoms with Gasteiger partial charge in [-0.25, -0.2) is 0 Å². The van der Waals surface area contributed by atoms with E-state index in [9.17, 15) is 9.59 Å². The Morgan fingerprint density at radius 1 is 1.00 bits per heavy atom. The second-order valence-electron chi connectivity index (χ2n) is 9.20. The van der Waals surface area contributed by atoms with Crippen LogP contribution in [0.4, 0.5) is 0 Å². The van der Waals surface area contributed by atoms with Gasteiger partial charge in [0.25, 0.3) is 0 Å². The molecule has 3 rings (SSSR count). The van der Waals surface area contributed by atoms with Crippen LogP contribution < -0.4 is 5.32 Å². The zero-order valence-electron chi connectivity index (χ0n) is 16.2. The summed E-state index contributed by atoms with van der Waals surface area (Å²) in [5, 5.41) is 3.27. The summed E-state index contributed by atoms with van der Waals surface area (Å²) >= 11 is 0. The van der Waals surface area contributed by atoms with Gasteiger partial charge in [0.05, 0.1) is 0 Å². The van der Waals surface area contributed by atoms with E-state index >= 15 is 0 Å². The molecule has 0 radical (unpaired) electrons. The number of amides is 2. The molecule has 2 amide bonds. The highest BCUT2D eigenvalue weighted by atomic mass is 16.2. The highest BCUT2D eigenvalue weighted by Crippen LogP contribution is 2.45. The number of hydrogen-bond acceptors (Lipinski definition) is 2. The first kappa shape index (κ1) is 18.7. The van der Waals surface area contributed by atoms with Crippen LogP contribution in [0.25, 0.3) is 0 Å². The van der Waals surface area contributed by atoms with Crippen LogP contribution in [0.5, 0.6) is 0 Å². The van der Waals surface area contributed by atoms with Crippen LogP contribution in [0.2, 0.25) is 0 Å². The maximum absolute atomic E-state index is 12.9. The molecule has 2 saturated carbocycles. The van der Waals surface area contributed by atoms with Crippen molar-refractivity contribution in [3.8, 4) is 0 Å². The second-order valence-corrected chi connectivity index (χ2v) is 9.20. The van der Waals surface area contributed by atoms with Gasteiger partial charge in [-0.05, 0) is 56.3 Å². The van der Waals surface area contributed by atoms with Crippen molar-refractivity contribution in [2.45, 2.75) is 78.1 Å². The van der Waals surface area contributed by atoms with Gasteiger partial charge in [0.2, 0.25) is 11.8 Å². The van der Waals surface area contributed by atoms with Crippen LogP contribution in [-0.4, -0.2) is 36.3 Å². The molecule has 0 unspecified atom stereocenters. The molecule has 0 aromatic carbocycles. The van der Waals surface area contributed by atoms with Gasteiger partial charge in [0, 0.05) is 31.5 Å². The Morgan fingerprint density at radius 2 is 1.64 bits per heavy atom. The van der Waals surface area contributed by atoms with E-state index in [0.29, 0.717) is 11.3 Å².